The lowest BCUT2D eigenvalue weighted by molar-refractivity contribution is 0.0243. The van der Waals surface area contributed by atoms with E-state index in [1.165, 1.54) is 0 Å². The van der Waals surface area contributed by atoms with Crippen molar-refractivity contribution in [3.63, 3.8) is 0 Å². The molecule has 0 spiro atoms. The first-order valence-corrected chi connectivity index (χ1v) is 6.79. The standard InChI is InChI=1S/C15H21N3O3/c1-15(20,5-6-21-2)9-17-14(19)13-8-10-7-11(16)3-4-12(10)18-13/h3-4,7-8,18,20H,5-6,9,16H2,1-2H3,(H,17,19). The molecule has 1 aromatic heterocycles. The summed E-state index contributed by atoms with van der Waals surface area (Å²) < 4.78 is 4.93. The largest absolute Gasteiger partial charge is 0.399 e. The van der Waals surface area contributed by atoms with E-state index in [4.69, 9.17) is 10.5 Å². The van der Waals surface area contributed by atoms with Gasteiger partial charge in [0.15, 0.2) is 0 Å². The van der Waals surface area contributed by atoms with Crippen molar-refractivity contribution in [1.29, 1.82) is 0 Å². The maximum atomic E-state index is 12.1. The van der Waals surface area contributed by atoms with E-state index in [1.807, 2.05) is 6.07 Å². The molecule has 6 nitrogen and oxygen atoms in total. The Morgan fingerprint density at radius 2 is 2.24 bits per heavy atom. The van der Waals surface area contributed by atoms with E-state index < -0.39 is 5.60 Å². The highest BCUT2D eigenvalue weighted by Gasteiger charge is 2.21. The van der Waals surface area contributed by atoms with E-state index in [0.29, 0.717) is 24.4 Å². The number of fused-ring (bicyclic) bond motifs is 1. The van der Waals surface area contributed by atoms with Gasteiger partial charge in [-0.1, -0.05) is 0 Å². The fraction of sp³-hybridized carbons (Fsp3) is 0.400. The van der Waals surface area contributed by atoms with Crippen LogP contribution in [-0.2, 0) is 4.74 Å². The van der Waals surface area contributed by atoms with Gasteiger partial charge in [0, 0.05) is 43.3 Å². The Morgan fingerprint density at radius 3 is 2.95 bits per heavy atom. The van der Waals surface area contributed by atoms with E-state index in [9.17, 15) is 9.90 Å². The number of H-pyrrole nitrogens is 1. The van der Waals surface area contributed by atoms with E-state index in [0.717, 1.165) is 10.9 Å². The number of aromatic amines is 1. The van der Waals surface area contributed by atoms with Crippen LogP contribution in [0, 0.1) is 0 Å². The van der Waals surface area contributed by atoms with Crippen LogP contribution in [-0.4, -0.2) is 41.9 Å². The average Bonchev–Trinajstić information content (AvgIpc) is 2.85. The third-order valence-corrected chi connectivity index (χ3v) is 3.36. The van der Waals surface area contributed by atoms with Crippen LogP contribution >= 0.6 is 0 Å². The summed E-state index contributed by atoms with van der Waals surface area (Å²) in [4.78, 5) is 15.1. The first kappa shape index (κ1) is 15.3. The van der Waals surface area contributed by atoms with Gasteiger partial charge in [0.1, 0.15) is 5.69 Å². The molecule has 6 heteroatoms. The Hall–Kier alpha value is -2.05. The maximum absolute atomic E-state index is 12.1. The highest BCUT2D eigenvalue weighted by atomic mass is 16.5. The SMILES string of the molecule is COCCC(C)(O)CNC(=O)c1cc2cc(N)ccc2[nH]1. The van der Waals surface area contributed by atoms with Crippen molar-refractivity contribution in [2.24, 2.45) is 0 Å². The van der Waals surface area contributed by atoms with Gasteiger partial charge in [-0.05, 0) is 31.2 Å². The molecule has 114 valence electrons. The zero-order valence-electron chi connectivity index (χ0n) is 12.3. The van der Waals surface area contributed by atoms with Crippen molar-refractivity contribution < 1.29 is 14.6 Å². The van der Waals surface area contributed by atoms with Crippen LogP contribution in [0.2, 0.25) is 0 Å². The second-order valence-electron chi connectivity index (χ2n) is 5.45. The zero-order chi connectivity index (χ0) is 15.5. The van der Waals surface area contributed by atoms with Gasteiger partial charge in [0.2, 0.25) is 0 Å². The first-order chi connectivity index (χ1) is 9.91. The van der Waals surface area contributed by atoms with Gasteiger partial charge in [0.05, 0.1) is 5.60 Å². The summed E-state index contributed by atoms with van der Waals surface area (Å²) in [5.41, 5.74) is 6.65. The zero-order valence-corrected chi connectivity index (χ0v) is 12.3. The molecule has 1 atom stereocenters. The van der Waals surface area contributed by atoms with Gasteiger partial charge < -0.3 is 25.9 Å². The molecule has 2 rings (SSSR count). The second kappa shape index (κ2) is 6.15. The van der Waals surface area contributed by atoms with Crippen LogP contribution in [0.5, 0.6) is 0 Å². The third kappa shape index (κ3) is 3.96. The smallest absolute Gasteiger partial charge is 0.267 e. The molecule has 1 amide bonds. The number of amides is 1. The van der Waals surface area contributed by atoms with Gasteiger partial charge in [-0.3, -0.25) is 4.79 Å². The molecular weight excluding hydrogens is 270 g/mol. The van der Waals surface area contributed by atoms with Crippen LogP contribution in [0.1, 0.15) is 23.8 Å². The van der Waals surface area contributed by atoms with Crippen molar-refractivity contribution in [1.82, 2.24) is 10.3 Å². The molecule has 0 bridgehead atoms. The minimum Gasteiger partial charge on any atom is -0.399 e. The van der Waals surface area contributed by atoms with Crippen LogP contribution < -0.4 is 11.1 Å². The minimum atomic E-state index is -0.998. The number of carbonyl (C=O) groups excluding carboxylic acids is 1. The monoisotopic (exact) mass is 291 g/mol. The summed E-state index contributed by atoms with van der Waals surface area (Å²) >= 11 is 0. The van der Waals surface area contributed by atoms with Gasteiger partial charge in [-0.2, -0.15) is 0 Å². The number of benzene rings is 1. The van der Waals surface area contributed by atoms with Gasteiger partial charge >= 0.3 is 0 Å². The number of hydrogen-bond donors (Lipinski definition) is 4. The first-order valence-electron chi connectivity index (χ1n) is 6.79. The predicted octanol–water partition coefficient (Wildman–Crippen LogP) is 1.27. The molecule has 1 heterocycles. The number of nitrogen functional groups attached to an aromatic ring is 1. The summed E-state index contributed by atoms with van der Waals surface area (Å²) in [6, 6.07) is 7.15. The molecule has 0 aliphatic heterocycles. The Kier molecular flexibility index (Phi) is 4.50. The van der Waals surface area contributed by atoms with Crippen molar-refractivity contribution >= 4 is 22.5 Å². The molecule has 0 radical (unpaired) electrons. The summed E-state index contributed by atoms with van der Waals surface area (Å²) in [6.45, 7) is 2.26. The average molecular weight is 291 g/mol. The van der Waals surface area contributed by atoms with Crippen molar-refractivity contribution in [2.75, 3.05) is 26.0 Å². The van der Waals surface area contributed by atoms with E-state index in [-0.39, 0.29) is 12.5 Å². The predicted molar refractivity (Wildman–Crippen MR) is 82.2 cm³/mol. The molecule has 2 aromatic rings. The number of rotatable bonds is 6. The summed E-state index contributed by atoms with van der Waals surface area (Å²) in [5.74, 6) is -0.262. The Bertz CT molecular complexity index is 634. The number of nitrogens with one attached hydrogen (secondary N) is 2. The summed E-state index contributed by atoms with van der Waals surface area (Å²) in [7, 11) is 1.57. The molecule has 21 heavy (non-hydrogen) atoms. The Morgan fingerprint density at radius 1 is 1.48 bits per heavy atom. The molecule has 0 fully saturated rings. The highest BCUT2D eigenvalue weighted by Crippen LogP contribution is 2.18. The molecule has 1 aromatic carbocycles. The number of nitrogens with two attached hydrogens (primary N) is 1. The minimum absolute atomic E-state index is 0.159. The number of anilines is 1. The number of carbonyl (C=O) groups is 1. The lowest BCUT2D eigenvalue weighted by atomic mass is 10.0. The normalized spacial score (nSPS) is 14.0. The lowest BCUT2D eigenvalue weighted by Crippen LogP contribution is -2.41. The Balaban J connectivity index is 2.02. The molecule has 5 N–H and O–H groups in total. The van der Waals surface area contributed by atoms with Crippen molar-refractivity contribution in [3.05, 3.63) is 30.0 Å². The van der Waals surface area contributed by atoms with Gasteiger partial charge in [-0.15, -0.1) is 0 Å². The number of ether oxygens (including phenoxy) is 1. The van der Waals surface area contributed by atoms with Crippen LogP contribution in [0.4, 0.5) is 5.69 Å². The van der Waals surface area contributed by atoms with Crippen molar-refractivity contribution in [3.8, 4) is 0 Å². The highest BCUT2D eigenvalue weighted by molar-refractivity contribution is 5.98. The van der Waals surface area contributed by atoms with E-state index in [2.05, 4.69) is 10.3 Å². The van der Waals surface area contributed by atoms with E-state index in [1.54, 1.807) is 32.2 Å². The molecule has 1 unspecified atom stereocenters. The maximum Gasteiger partial charge on any atom is 0.267 e. The van der Waals surface area contributed by atoms with E-state index >= 15 is 0 Å². The summed E-state index contributed by atoms with van der Waals surface area (Å²) in [5, 5.41) is 13.7. The fourth-order valence-electron chi connectivity index (χ4n) is 2.05. The molecule has 0 aliphatic rings. The van der Waals surface area contributed by atoms with Crippen LogP contribution in [0.25, 0.3) is 10.9 Å². The lowest BCUT2D eigenvalue weighted by Gasteiger charge is -2.23. The number of aromatic nitrogens is 1. The molecule has 0 saturated heterocycles. The van der Waals surface area contributed by atoms with Crippen molar-refractivity contribution in [2.45, 2.75) is 18.9 Å². The number of methoxy groups -OCH3 is 1. The number of hydrogen-bond acceptors (Lipinski definition) is 4. The molecule has 0 aliphatic carbocycles. The second-order valence-corrected chi connectivity index (χ2v) is 5.45. The number of aliphatic hydroxyl groups is 1. The fourth-order valence-corrected chi connectivity index (χ4v) is 2.05. The Labute approximate surface area is 123 Å². The molecule has 0 saturated carbocycles. The van der Waals surface area contributed by atoms with Gasteiger partial charge in [-0.25, -0.2) is 0 Å². The van der Waals surface area contributed by atoms with Gasteiger partial charge in [0.25, 0.3) is 5.91 Å². The molecular formula is C15H21N3O3. The summed E-state index contributed by atoms with van der Waals surface area (Å²) in [6.07, 6.45) is 0.451. The quantitative estimate of drug-likeness (QED) is 0.602. The van der Waals surface area contributed by atoms with Crippen LogP contribution in [0.3, 0.4) is 0 Å². The topological polar surface area (TPSA) is 100 Å². The van der Waals surface area contributed by atoms with Crippen LogP contribution in [0.15, 0.2) is 24.3 Å². The third-order valence-electron chi connectivity index (χ3n) is 3.36.